The van der Waals surface area contributed by atoms with Crippen LogP contribution in [0.25, 0.3) is 10.8 Å². The molecule has 0 saturated carbocycles. The van der Waals surface area contributed by atoms with E-state index in [1.807, 2.05) is 41.3 Å². The number of amides is 1. The van der Waals surface area contributed by atoms with Gasteiger partial charge in [-0.1, -0.05) is 36.4 Å². The van der Waals surface area contributed by atoms with Gasteiger partial charge in [-0.2, -0.15) is 0 Å². The predicted molar refractivity (Wildman–Crippen MR) is 106 cm³/mol. The van der Waals surface area contributed by atoms with E-state index in [0.717, 1.165) is 40.9 Å². The number of carbonyl (C=O) groups excluding carboxylic acids is 1. The Morgan fingerprint density at radius 2 is 1.67 bits per heavy atom. The number of hydrogen-bond acceptors (Lipinski definition) is 5. The van der Waals surface area contributed by atoms with E-state index in [0.29, 0.717) is 19.5 Å². The van der Waals surface area contributed by atoms with Crippen LogP contribution in [0.4, 0.5) is 5.95 Å². The minimum atomic E-state index is 0.136. The minimum absolute atomic E-state index is 0.136. The summed E-state index contributed by atoms with van der Waals surface area (Å²) in [6, 6.07) is 13.7. The summed E-state index contributed by atoms with van der Waals surface area (Å²) in [5.41, 5.74) is 1.88. The molecular weight excluding hydrogens is 338 g/mol. The van der Waals surface area contributed by atoms with Crippen molar-refractivity contribution >= 4 is 28.8 Å². The molecule has 1 aliphatic heterocycles. The summed E-state index contributed by atoms with van der Waals surface area (Å²) in [7, 11) is 0. The van der Waals surface area contributed by atoms with Crippen molar-refractivity contribution in [2.24, 2.45) is 0 Å². The molecule has 4 rings (SSSR count). The average molecular weight is 359 g/mol. The van der Waals surface area contributed by atoms with Gasteiger partial charge in [0, 0.05) is 44.8 Å². The quantitative estimate of drug-likeness (QED) is 0.727. The van der Waals surface area contributed by atoms with Crippen LogP contribution in [0, 0.1) is 5.41 Å². The molecule has 0 spiro atoms. The third-order valence-electron chi connectivity index (χ3n) is 5.01. The third kappa shape index (κ3) is 3.51. The van der Waals surface area contributed by atoms with Gasteiger partial charge in [-0.3, -0.25) is 4.79 Å². The minimum Gasteiger partial charge on any atom is -0.339 e. The number of aromatic nitrogens is 2. The molecule has 27 heavy (non-hydrogen) atoms. The van der Waals surface area contributed by atoms with Gasteiger partial charge in [0.1, 0.15) is 0 Å². The summed E-state index contributed by atoms with van der Waals surface area (Å²) in [5.74, 6) is 0.856. The molecule has 0 bridgehead atoms. The van der Waals surface area contributed by atoms with Crippen molar-refractivity contribution in [1.29, 1.82) is 5.41 Å². The van der Waals surface area contributed by atoms with Gasteiger partial charge in [0.2, 0.25) is 11.9 Å². The van der Waals surface area contributed by atoms with Crippen LogP contribution in [0.2, 0.25) is 0 Å². The molecule has 0 radical (unpaired) electrons. The van der Waals surface area contributed by atoms with Gasteiger partial charge in [-0.15, -0.1) is 0 Å². The molecule has 1 fully saturated rings. The molecule has 1 amide bonds. The first-order valence-corrected chi connectivity index (χ1v) is 9.07. The highest BCUT2D eigenvalue weighted by Gasteiger charge is 2.23. The van der Waals surface area contributed by atoms with E-state index >= 15 is 0 Å². The zero-order chi connectivity index (χ0) is 18.6. The molecule has 0 aliphatic carbocycles. The SMILES string of the molecule is N=Cc1ccc(CC(=O)N2CCN(c3ncccn3)CC2)c2ccccc12. The molecule has 2 aromatic carbocycles. The summed E-state index contributed by atoms with van der Waals surface area (Å²) in [6.45, 7) is 2.83. The first-order chi connectivity index (χ1) is 13.3. The van der Waals surface area contributed by atoms with Crippen LogP contribution >= 0.6 is 0 Å². The highest BCUT2D eigenvalue weighted by atomic mass is 16.2. The van der Waals surface area contributed by atoms with Crippen molar-refractivity contribution in [3.05, 3.63) is 66.0 Å². The zero-order valence-electron chi connectivity index (χ0n) is 15.0. The number of carbonyl (C=O) groups is 1. The van der Waals surface area contributed by atoms with Crippen molar-refractivity contribution in [1.82, 2.24) is 14.9 Å². The molecule has 136 valence electrons. The lowest BCUT2D eigenvalue weighted by molar-refractivity contribution is -0.130. The van der Waals surface area contributed by atoms with Crippen LogP contribution < -0.4 is 4.90 Å². The van der Waals surface area contributed by atoms with Gasteiger partial charge in [-0.25, -0.2) is 9.97 Å². The Kier molecular flexibility index (Phi) is 4.78. The van der Waals surface area contributed by atoms with Crippen LogP contribution in [0.1, 0.15) is 11.1 Å². The molecule has 3 aromatic rings. The molecule has 6 nitrogen and oxygen atoms in total. The average Bonchev–Trinajstić information content (AvgIpc) is 2.75. The van der Waals surface area contributed by atoms with Crippen LogP contribution in [-0.4, -0.2) is 53.2 Å². The van der Waals surface area contributed by atoms with Gasteiger partial charge in [0.25, 0.3) is 0 Å². The van der Waals surface area contributed by atoms with Crippen molar-refractivity contribution in [2.75, 3.05) is 31.1 Å². The van der Waals surface area contributed by atoms with E-state index in [1.165, 1.54) is 6.21 Å². The summed E-state index contributed by atoms with van der Waals surface area (Å²) in [4.78, 5) is 25.4. The summed E-state index contributed by atoms with van der Waals surface area (Å²) in [6.07, 6.45) is 5.21. The van der Waals surface area contributed by atoms with E-state index < -0.39 is 0 Å². The van der Waals surface area contributed by atoms with Crippen molar-refractivity contribution in [2.45, 2.75) is 6.42 Å². The zero-order valence-corrected chi connectivity index (χ0v) is 15.0. The molecule has 2 heterocycles. The Morgan fingerprint density at radius 1 is 0.963 bits per heavy atom. The van der Waals surface area contributed by atoms with Crippen molar-refractivity contribution in [3.8, 4) is 0 Å². The molecule has 6 heteroatoms. The monoisotopic (exact) mass is 359 g/mol. The molecule has 1 aromatic heterocycles. The lowest BCUT2D eigenvalue weighted by Crippen LogP contribution is -2.49. The van der Waals surface area contributed by atoms with E-state index in [-0.39, 0.29) is 5.91 Å². The highest BCUT2D eigenvalue weighted by molar-refractivity contribution is 6.01. The Labute approximate surface area is 158 Å². The van der Waals surface area contributed by atoms with E-state index in [9.17, 15) is 4.79 Å². The van der Waals surface area contributed by atoms with Crippen LogP contribution in [-0.2, 0) is 11.2 Å². The Bertz CT molecular complexity index is 965. The maximum Gasteiger partial charge on any atom is 0.227 e. The standard InChI is InChI=1S/C21H21N5O/c22-15-17-7-6-16(18-4-1-2-5-19(17)18)14-20(27)25-10-12-26(13-11-25)21-23-8-3-9-24-21/h1-9,15,22H,10-14H2. The van der Waals surface area contributed by atoms with E-state index in [2.05, 4.69) is 14.9 Å². The lowest BCUT2D eigenvalue weighted by atomic mass is 9.98. The Balaban J connectivity index is 1.46. The summed E-state index contributed by atoms with van der Waals surface area (Å²) in [5, 5.41) is 9.64. The number of benzene rings is 2. The first-order valence-electron chi connectivity index (χ1n) is 9.07. The number of fused-ring (bicyclic) bond motifs is 1. The van der Waals surface area contributed by atoms with Crippen molar-refractivity contribution < 1.29 is 4.79 Å². The van der Waals surface area contributed by atoms with Gasteiger partial charge in [-0.05, 0) is 28.0 Å². The van der Waals surface area contributed by atoms with E-state index in [4.69, 9.17) is 5.41 Å². The predicted octanol–water partition coefficient (Wildman–Crippen LogP) is 2.52. The lowest BCUT2D eigenvalue weighted by Gasteiger charge is -2.34. The molecule has 0 unspecified atom stereocenters. The van der Waals surface area contributed by atoms with Crippen LogP contribution in [0.3, 0.4) is 0 Å². The second-order valence-corrected chi connectivity index (χ2v) is 6.60. The fourth-order valence-corrected chi connectivity index (χ4v) is 3.55. The molecule has 0 atom stereocenters. The van der Waals surface area contributed by atoms with E-state index in [1.54, 1.807) is 18.5 Å². The maximum absolute atomic E-state index is 12.8. The highest BCUT2D eigenvalue weighted by Crippen LogP contribution is 2.23. The smallest absolute Gasteiger partial charge is 0.227 e. The Hall–Kier alpha value is -3.28. The molecule has 1 saturated heterocycles. The normalized spacial score (nSPS) is 14.4. The van der Waals surface area contributed by atoms with Gasteiger partial charge in [0.15, 0.2) is 0 Å². The summed E-state index contributed by atoms with van der Waals surface area (Å²) < 4.78 is 0. The summed E-state index contributed by atoms with van der Waals surface area (Å²) >= 11 is 0. The second kappa shape index (κ2) is 7.53. The van der Waals surface area contributed by atoms with Gasteiger partial charge in [0.05, 0.1) is 6.42 Å². The number of anilines is 1. The number of hydrogen-bond donors (Lipinski definition) is 1. The van der Waals surface area contributed by atoms with Gasteiger partial charge < -0.3 is 15.2 Å². The van der Waals surface area contributed by atoms with Crippen LogP contribution in [0.15, 0.2) is 54.9 Å². The fraction of sp³-hybridized carbons (Fsp3) is 0.238. The Morgan fingerprint density at radius 3 is 2.37 bits per heavy atom. The number of nitrogens with one attached hydrogen (secondary N) is 1. The van der Waals surface area contributed by atoms with Gasteiger partial charge >= 0.3 is 0 Å². The number of piperazine rings is 1. The second-order valence-electron chi connectivity index (χ2n) is 6.60. The topological polar surface area (TPSA) is 73.2 Å². The molecule has 1 aliphatic rings. The molecular formula is C21H21N5O. The number of rotatable bonds is 4. The van der Waals surface area contributed by atoms with Crippen LogP contribution in [0.5, 0.6) is 0 Å². The third-order valence-corrected chi connectivity index (χ3v) is 5.01. The first kappa shape index (κ1) is 17.1. The van der Waals surface area contributed by atoms with Crippen molar-refractivity contribution in [3.63, 3.8) is 0 Å². The largest absolute Gasteiger partial charge is 0.339 e. The fourth-order valence-electron chi connectivity index (χ4n) is 3.55. The maximum atomic E-state index is 12.8. The molecule has 1 N–H and O–H groups in total. The number of nitrogens with zero attached hydrogens (tertiary/aromatic N) is 4.